The third kappa shape index (κ3) is 4.51. The number of amides is 1. The molecule has 22 heavy (non-hydrogen) atoms. The molecule has 0 spiro atoms. The molecule has 1 fully saturated rings. The van der Waals surface area contributed by atoms with Gasteiger partial charge in [-0.05, 0) is 20.8 Å². The Morgan fingerprint density at radius 1 is 1.41 bits per heavy atom. The summed E-state index contributed by atoms with van der Waals surface area (Å²) in [4.78, 5) is 19.9. The second-order valence-corrected chi connectivity index (χ2v) is 7.42. The number of carbonyl (C=O) groups is 1. The van der Waals surface area contributed by atoms with E-state index in [1.165, 1.54) is 11.3 Å². The number of aryl methyl sites for hydroxylation is 1. The number of nitrogens with zero attached hydrogens (tertiary/aromatic N) is 2. The lowest BCUT2D eigenvalue weighted by molar-refractivity contribution is -0.0672. The largest absolute Gasteiger partial charge is 0.373 e. The molecule has 6 heteroatoms. The van der Waals surface area contributed by atoms with Crippen molar-refractivity contribution in [3.05, 3.63) is 15.6 Å². The zero-order valence-corrected chi connectivity index (χ0v) is 15.0. The van der Waals surface area contributed by atoms with Crippen molar-refractivity contribution in [2.75, 3.05) is 26.2 Å². The molecule has 1 aromatic rings. The number of hydrogen-bond acceptors (Lipinski definition) is 5. The normalized spacial score (nSPS) is 23.0. The molecule has 1 aliphatic rings. The molecule has 2 atom stereocenters. The molecule has 1 aromatic heterocycles. The molecule has 0 unspecified atom stereocenters. The molecule has 0 saturated carbocycles. The van der Waals surface area contributed by atoms with Crippen LogP contribution in [-0.4, -0.2) is 54.2 Å². The van der Waals surface area contributed by atoms with E-state index in [1.54, 1.807) is 0 Å². The van der Waals surface area contributed by atoms with Crippen LogP contribution in [0.25, 0.3) is 0 Å². The van der Waals surface area contributed by atoms with E-state index in [1.807, 2.05) is 6.92 Å². The smallest absolute Gasteiger partial charge is 0.263 e. The summed E-state index contributed by atoms with van der Waals surface area (Å²) in [6, 6.07) is 0. The molecule has 1 aliphatic heterocycles. The van der Waals surface area contributed by atoms with E-state index in [-0.39, 0.29) is 18.1 Å². The van der Waals surface area contributed by atoms with E-state index in [2.05, 4.69) is 42.9 Å². The van der Waals surface area contributed by atoms with Gasteiger partial charge in [0.1, 0.15) is 4.88 Å². The standard InChI is InChI=1S/C16H27N3O2S/c1-10(2)16-18-13(5)14(22-16)15(20)17-6-7-19-8-11(3)21-12(4)9-19/h10-12H,6-9H2,1-5H3,(H,17,20)/t11-,12-/m1/s1. The quantitative estimate of drug-likeness (QED) is 0.903. The second kappa shape index (κ2) is 7.53. The van der Waals surface area contributed by atoms with Gasteiger partial charge in [-0.1, -0.05) is 13.8 Å². The molecule has 0 bridgehead atoms. The van der Waals surface area contributed by atoms with Gasteiger partial charge >= 0.3 is 0 Å². The molecule has 124 valence electrons. The highest BCUT2D eigenvalue weighted by Crippen LogP contribution is 2.24. The van der Waals surface area contributed by atoms with Crippen LogP contribution in [0.15, 0.2) is 0 Å². The zero-order valence-electron chi connectivity index (χ0n) is 14.2. The molecule has 0 radical (unpaired) electrons. The maximum Gasteiger partial charge on any atom is 0.263 e. The monoisotopic (exact) mass is 325 g/mol. The molecular formula is C16H27N3O2S. The lowest BCUT2D eigenvalue weighted by Crippen LogP contribution is -2.47. The molecule has 2 rings (SSSR count). The number of morpholine rings is 1. The van der Waals surface area contributed by atoms with Crippen molar-refractivity contribution in [1.82, 2.24) is 15.2 Å². The predicted octanol–water partition coefficient (Wildman–Crippen LogP) is 2.41. The second-order valence-electron chi connectivity index (χ2n) is 6.39. The van der Waals surface area contributed by atoms with E-state index >= 15 is 0 Å². The van der Waals surface area contributed by atoms with Gasteiger partial charge in [0.25, 0.3) is 5.91 Å². The Hall–Kier alpha value is -0.980. The van der Waals surface area contributed by atoms with Gasteiger partial charge in [0.15, 0.2) is 0 Å². The van der Waals surface area contributed by atoms with E-state index in [9.17, 15) is 4.79 Å². The summed E-state index contributed by atoms with van der Waals surface area (Å²) in [6.45, 7) is 13.7. The fourth-order valence-electron chi connectivity index (χ4n) is 2.75. The van der Waals surface area contributed by atoms with Crippen molar-refractivity contribution in [3.63, 3.8) is 0 Å². The average molecular weight is 325 g/mol. The summed E-state index contributed by atoms with van der Waals surface area (Å²) in [5.74, 6) is 0.359. The molecule has 1 amide bonds. The number of hydrogen-bond donors (Lipinski definition) is 1. The average Bonchev–Trinajstić information content (AvgIpc) is 2.80. The Kier molecular flexibility index (Phi) is 5.94. The van der Waals surface area contributed by atoms with Crippen molar-refractivity contribution in [3.8, 4) is 0 Å². The first kappa shape index (κ1) is 17.4. The summed E-state index contributed by atoms with van der Waals surface area (Å²) in [7, 11) is 0. The van der Waals surface area contributed by atoms with Gasteiger partial charge in [-0.25, -0.2) is 4.98 Å². The van der Waals surface area contributed by atoms with Crippen LogP contribution in [0, 0.1) is 6.92 Å². The Labute approximate surface area is 137 Å². The van der Waals surface area contributed by atoms with Crippen LogP contribution in [0.5, 0.6) is 0 Å². The summed E-state index contributed by atoms with van der Waals surface area (Å²) in [6.07, 6.45) is 0.522. The molecular weight excluding hydrogens is 298 g/mol. The third-order valence-corrected chi connectivity index (χ3v) is 5.18. The summed E-state index contributed by atoms with van der Waals surface area (Å²) >= 11 is 1.51. The van der Waals surface area contributed by atoms with Crippen LogP contribution < -0.4 is 5.32 Å². The Balaban J connectivity index is 1.83. The van der Waals surface area contributed by atoms with Crippen LogP contribution >= 0.6 is 11.3 Å². The Morgan fingerprint density at radius 2 is 2.05 bits per heavy atom. The molecule has 0 aromatic carbocycles. The van der Waals surface area contributed by atoms with Crippen molar-refractivity contribution >= 4 is 17.2 Å². The lowest BCUT2D eigenvalue weighted by atomic mass is 10.2. The fraction of sp³-hybridized carbons (Fsp3) is 0.750. The van der Waals surface area contributed by atoms with Gasteiger partial charge in [-0.2, -0.15) is 0 Å². The third-order valence-electron chi connectivity index (χ3n) is 3.72. The molecule has 2 heterocycles. The number of nitrogens with one attached hydrogen (secondary N) is 1. The summed E-state index contributed by atoms with van der Waals surface area (Å²) < 4.78 is 5.72. The number of thiazole rings is 1. The fourth-order valence-corrected chi connectivity index (χ4v) is 3.74. The number of aromatic nitrogens is 1. The first-order chi connectivity index (χ1) is 10.4. The first-order valence-electron chi connectivity index (χ1n) is 8.00. The van der Waals surface area contributed by atoms with Gasteiger partial charge in [0, 0.05) is 32.1 Å². The highest BCUT2D eigenvalue weighted by Gasteiger charge is 2.22. The van der Waals surface area contributed by atoms with Crippen LogP contribution in [0.4, 0.5) is 0 Å². The van der Waals surface area contributed by atoms with E-state index in [0.29, 0.717) is 12.5 Å². The van der Waals surface area contributed by atoms with Crippen LogP contribution in [0.2, 0.25) is 0 Å². The van der Waals surface area contributed by atoms with Crippen LogP contribution in [0.1, 0.15) is 54.0 Å². The molecule has 1 N–H and O–H groups in total. The van der Waals surface area contributed by atoms with Gasteiger partial charge in [0.2, 0.25) is 0 Å². The van der Waals surface area contributed by atoms with Crippen molar-refractivity contribution in [2.24, 2.45) is 0 Å². The maximum absolute atomic E-state index is 12.3. The van der Waals surface area contributed by atoms with Crippen molar-refractivity contribution < 1.29 is 9.53 Å². The highest BCUT2D eigenvalue weighted by atomic mass is 32.1. The number of rotatable bonds is 5. The molecule has 0 aliphatic carbocycles. The minimum atomic E-state index is -0.00347. The molecule has 1 saturated heterocycles. The van der Waals surface area contributed by atoms with Crippen molar-refractivity contribution in [1.29, 1.82) is 0 Å². The van der Waals surface area contributed by atoms with E-state index in [0.717, 1.165) is 35.2 Å². The van der Waals surface area contributed by atoms with E-state index in [4.69, 9.17) is 4.74 Å². The Bertz CT molecular complexity index is 505. The number of ether oxygens (including phenoxy) is 1. The summed E-state index contributed by atoms with van der Waals surface area (Å²) in [5, 5.41) is 4.04. The topological polar surface area (TPSA) is 54.5 Å². The maximum atomic E-state index is 12.3. The SMILES string of the molecule is Cc1nc(C(C)C)sc1C(=O)NCCN1C[C@@H](C)O[C@H](C)C1. The molecule has 5 nitrogen and oxygen atoms in total. The first-order valence-corrected chi connectivity index (χ1v) is 8.81. The highest BCUT2D eigenvalue weighted by molar-refractivity contribution is 7.13. The van der Waals surface area contributed by atoms with Gasteiger partial charge in [-0.15, -0.1) is 11.3 Å². The van der Waals surface area contributed by atoms with Crippen LogP contribution in [0.3, 0.4) is 0 Å². The van der Waals surface area contributed by atoms with Gasteiger partial charge in [-0.3, -0.25) is 9.69 Å². The minimum Gasteiger partial charge on any atom is -0.373 e. The van der Waals surface area contributed by atoms with Crippen LogP contribution in [-0.2, 0) is 4.74 Å². The Morgan fingerprint density at radius 3 is 2.59 bits per heavy atom. The van der Waals surface area contributed by atoms with Gasteiger partial charge < -0.3 is 10.1 Å². The van der Waals surface area contributed by atoms with Gasteiger partial charge in [0.05, 0.1) is 22.9 Å². The van der Waals surface area contributed by atoms with Crippen molar-refractivity contribution in [2.45, 2.75) is 52.7 Å². The number of carbonyl (C=O) groups excluding carboxylic acids is 1. The minimum absolute atomic E-state index is 0.00347. The zero-order chi connectivity index (χ0) is 16.3. The van der Waals surface area contributed by atoms with E-state index < -0.39 is 0 Å². The lowest BCUT2D eigenvalue weighted by Gasteiger charge is -2.35. The summed E-state index contributed by atoms with van der Waals surface area (Å²) in [5.41, 5.74) is 0.833. The predicted molar refractivity (Wildman–Crippen MR) is 89.7 cm³/mol.